The monoisotopic (exact) mass is 281 g/mol. The fourth-order valence-electron chi connectivity index (χ4n) is 2.08. The lowest BCUT2D eigenvalue weighted by atomic mass is 9.98. The van der Waals surface area contributed by atoms with Crippen molar-refractivity contribution in [2.24, 2.45) is 0 Å². The number of halogens is 3. The third kappa shape index (κ3) is 3.11. The van der Waals surface area contributed by atoms with Crippen molar-refractivity contribution in [1.29, 1.82) is 0 Å². The highest BCUT2D eigenvalue weighted by atomic mass is 35.5. The van der Waals surface area contributed by atoms with E-state index in [-0.39, 0.29) is 5.56 Å². The normalized spacial score (nSPS) is 12.4. The van der Waals surface area contributed by atoms with Gasteiger partial charge in [0.25, 0.3) is 0 Å². The van der Waals surface area contributed by atoms with E-state index in [1.807, 2.05) is 18.2 Å². The Morgan fingerprint density at radius 1 is 1.05 bits per heavy atom. The average Bonchev–Trinajstić information content (AvgIpc) is 2.39. The maximum atomic E-state index is 13.8. The van der Waals surface area contributed by atoms with Gasteiger partial charge in [0.2, 0.25) is 0 Å². The Kier molecular flexibility index (Phi) is 4.51. The van der Waals surface area contributed by atoms with Crippen LogP contribution in [0.3, 0.4) is 0 Å². The van der Waals surface area contributed by atoms with Crippen LogP contribution in [0.25, 0.3) is 0 Å². The van der Waals surface area contributed by atoms with Crippen molar-refractivity contribution in [3.8, 4) is 0 Å². The highest BCUT2D eigenvalue weighted by Crippen LogP contribution is 2.26. The first kappa shape index (κ1) is 14.0. The van der Waals surface area contributed by atoms with Crippen LogP contribution in [0.4, 0.5) is 8.78 Å². The summed E-state index contributed by atoms with van der Waals surface area (Å²) >= 11 is 6.08. The van der Waals surface area contributed by atoms with Crippen LogP contribution in [0.2, 0.25) is 5.02 Å². The number of benzene rings is 2. The van der Waals surface area contributed by atoms with Gasteiger partial charge in [0.15, 0.2) is 0 Å². The van der Waals surface area contributed by atoms with E-state index < -0.39 is 17.7 Å². The van der Waals surface area contributed by atoms with Gasteiger partial charge in [-0.15, -0.1) is 0 Å². The Bertz CT molecular complexity index is 552. The van der Waals surface area contributed by atoms with Crippen LogP contribution in [0.5, 0.6) is 0 Å². The van der Waals surface area contributed by atoms with E-state index in [4.69, 9.17) is 11.6 Å². The molecule has 0 amide bonds. The third-order valence-corrected chi connectivity index (χ3v) is 3.45. The molecule has 0 bridgehead atoms. The van der Waals surface area contributed by atoms with E-state index >= 15 is 0 Å². The second kappa shape index (κ2) is 6.13. The van der Waals surface area contributed by atoms with Crippen LogP contribution in [0.1, 0.15) is 17.2 Å². The van der Waals surface area contributed by atoms with Gasteiger partial charge in [-0.3, -0.25) is 0 Å². The second-order valence-electron chi connectivity index (χ2n) is 4.27. The fraction of sp³-hybridized carbons (Fsp3) is 0.200. The summed E-state index contributed by atoms with van der Waals surface area (Å²) in [6.45, 7) is 0. The molecule has 0 aliphatic carbocycles. The molecule has 0 fully saturated rings. The summed E-state index contributed by atoms with van der Waals surface area (Å²) in [7, 11) is 1.67. The molecule has 0 aliphatic heterocycles. The molecule has 0 radical (unpaired) electrons. The quantitative estimate of drug-likeness (QED) is 0.889. The van der Waals surface area contributed by atoms with Gasteiger partial charge in [0, 0.05) is 16.6 Å². The largest absolute Gasteiger partial charge is 0.313 e. The standard InChI is InChI=1S/C15H14ClF2N/c1-19-14(9-10-5-2-3-6-11(10)16)15-12(17)7-4-8-13(15)18/h2-8,14,19H,9H2,1H3. The summed E-state index contributed by atoms with van der Waals surface area (Å²) in [5.41, 5.74) is 0.899. The molecule has 1 atom stereocenters. The molecule has 1 unspecified atom stereocenters. The van der Waals surface area contributed by atoms with Gasteiger partial charge in [-0.05, 0) is 37.2 Å². The molecule has 0 saturated heterocycles. The van der Waals surface area contributed by atoms with Crippen molar-refractivity contribution in [2.45, 2.75) is 12.5 Å². The van der Waals surface area contributed by atoms with Gasteiger partial charge >= 0.3 is 0 Å². The van der Waals surface area contributed by atoms with E-state index in [1.165, 1.54) is 18.2 Å². The van der Waals surface area contributed by atoms with Crippen LogP contribution in [-0.2, 0) is 6.42 Å². The summed E-state index contributed by atoms with van der Waals surface area (Å²) in [5.74, 6) is -1.10. The average molecular weight is 282 g/mol. The Morgan fingerprint density at radius 3 is 2.26 bits per heavy atom. The summed E-state index contributed by atoms with van der Waals surface area (Å²) in [6, 6.07) is 10.7. The summed E-state index contributed by atoms with van der Waals surface area (Å²) in [4.78, 5) is 0. The van der Waals surface area contributed by atoms with Gasteiger partial charge in [0.1, 0.15) is 11.6 Å². The van der Waals surface area contributed by atoms with Crippen molar-refractivity contribution in [1.82, 2.24) is 5.32 Å². The maximum Gasteiger partial charge on any atom is 0.130 e. The lowest BCUT2D eigenvalue weighted by Gasteiger charge is -2.18. The molecular formula is C15H14ClF2N. The lowest BCUT2D eigenvalue weighted by molar-refractivity contribution is 0.489. The van der Waals surface area contributed by atoms with E-state index in [0.29, 0.717) is 11.4 Å². The molecule has 0 spiro atoms. The zero-order valence-electron chi connectivity index (χ0n) is 10.5. The van der Waals surface area contributed by atoms with Gasteiger partial charge in [-0.2, -0.15) is 0 Å². The molecule has 0 heterocycles. The molecule has 2 aromatic rings. The Labute approximate surface area is 116 Å². The van der Waals surface area contributed by atoms with Crippen LogP contribution in [0, 0.1) is 11.6 Å². The predicted molar refractivity (Wildman–Crippen MR) is 73.3 cm³/mol. The van der Waals surface area contributed by atoms with E-state index in [1.54, 1.807) is 13.1 Å². The first-order chi connectivity index (χ1) is 9.13. The van der Waals surface area contributed by atoms with Crippen LogP contribution in [-0.4, -0.2) is 7.05 Å². The van der Waals surface area contributed by atoms with Gasteiger partial charge < -0.3 is 5.32 Å². The van der Waals surface area contributed by atoms with Gasteiger partial charge in [-0.25, -0.2) is 8.78 Å². The molecule has 0 aliphatic rings. The van der Waals surface area contributed by atoms with Crippen molar-refractivity contribution < 1.29 is 8.78 Å². The summed E-state index contributed by atoms with van der Waals surface area (Å²) in [5, 5.41) is 3.53. The van der Waals surface area contributed by atoms with Crippen molar-refractivity contribution in [3.63, 3.8) is 0 Å². The molecular weight excluding hydrogens is 268 g/mol. The number of hydrogen-bond acceptors (Lipinski definition) is 1. The van der Waals surface area contributed by atoms with E-state index in [0.717, 1.165) is 5.56 Å². The minimum absolute atomic E-state index is 0.0462. The lowest BCUT2D eigenvalue weighted by Crippen LogP contribution is -2.21. The SMILES string of the molecule is CNC(Cc1ccccc1Cl)c1c(F)cccc1F. The number of rotatable bonds is 4. The number of nitrogens with one attached hydrogen (secondary N) is 1. The molecule has 2 rings (SSSR count). The molecule has 1 nitrogen and oxygen atoms in total. The minimum atomic E-state index is -0.550. The van der Waals surface area contributed by atoms with Gasteiger partial charge in [-0.1, -0.05) is 35.9 Å². The smallest absolute Gasteiger partial charge is 0.130 e. The zero-order chi connectivity index (χ0) is 13.8. The third-order valence-electron chi connectivity index (χ3n) is 3.08. The zero-order valence-corrected chi connectivity index (χ0v) is 11.2. The van der Waals surface area contributed by atoms with Crippen LogP contribution >= 0.6 is 11.6 Å². The molecule has 0 aromatic heterocycles. The maximum absolute atomic E-state index is 13.8. The topological polar surface area (TPSA) is 12.0 Å². The first-order valence-electron chi connectivity index (χ1n) is 5.98. The second-order valence-corrected chi connectivity index (χ2v) is 4.68. The molecule has 100 valence electrons. The van der Waals surface area contributed by atoms with Crippen LogP contribution in [0.15, 0.2) is 42.5 Å². The van der Waals surface area contributed by atoms with Gasteiger partial charge in [0.05, 0.1) is 0 Å². The molecule has 1 N–H and O–H groups in total. The molecule has 4 heteroatoms. The molecule has 2 aromatic carbocycles. The highest BCUT2D eigenvalue weighted by molar-refractivity contribution is 6.31. The predicted octanol–water partition coefficient (Wildman–Crippen LogP) is 4.12. The summed E-state index contributed by atoms with van der Waals surface area (Å²) in [6.07, 6.45) is 0.425. The first-order valence-corrected chi connectivity index (χ1v) is 6.36. The van der Waals surface area contributed by atoms with E-state index in [2.05, 4.69) is 5.32 Å². The number of hydrogen-bond donors (Lipinski definition) is 1. The highest BCUT2D eigenvalue weighted by Gasteiger charge is 2.19. The van der Waals surface area contributed by atoms with Crippen LogP contribution < -0.4 is 5.32 Å². The summed E-state index contributed by atoms with van der Waals surface area (Å²) < 4.78 is 27.6. The van der Waals surface area contributed by atoms with Crippen molar-refractivity contribution >= 4 is 11.6 Å². The molecule has 0 saturated carbocycles. The molecule has 19 heavy (non-hydrogen) atoms. The Morgan fingerprint density at radius 2 is 1.68 bits per heavy atom. The van der Waals surface area contributed by atoms with E-state index in [9.17, 15) is 8.78 Å². The Balaban J connectivity index is 2.34. The minimum Gasteiger partial charge on any atom is -0.313 e. The van der Waals surface area contributed by atoms with Crippen molar-refractivity contribution in [2.75, 3.05) is 7.05 Å². The number of likely N-dealkylation sites (N-methyl/N-ethyl adjacent to an activating group) is 1. The Hall–Kier alpha value is -1.45. The fourth-order valence-corrected chi connectivity index (χ4v) is 2.29. The van der Waals surface area contributed by atoms with Crippen molar-refractivity contribution in [3.05, 3.63) is 70.2 Å².